The fourth-order valence-corrected chi connectivity index (χ4v) is 2.54. The molecule has 0 spiro atoms. The molecule has 0 heterocycles. The largest absolute Gasteiger partial charge is 1.00 e. The molecule has 0 fully saturated rings. The van der Waals surface area contributed by atoms with Crippen LogP contribution in [0.3, 0.4) is 0 Å². The van der Waals surface area contributed by atoms with E-state index in [1.807, 2.05) is 0 Å². The number of benzene rings is 1. The third kappa shape index (κ3) is 5.23. The molecule has 202 valence electrons. The molecule has 0 aliphatic heterocycles. The van der Waals surface area contributed by atoms with Crippen LogP contribution in [-0.2, 0) is 10.1 Å². The number of halogens is 17. The van der Waals surface area contributed by atoms with E-state index in [1.165, 1.54) is 0 Å². The molecule has 0 unspecified atom stereocenters. The van der Waals surface area contributed by atoms with Gasteiger partial charge in [-0.3, -0.25) is 0 Å². The topological polar surface area (TPSA) is 66.4 Å². The molecular weight excluding hydrogens is 598 g/mol. The molecule has 0 atom stereocenters. The summed E-state index contributed by atoms with van der Waals surface area (Å²) in [6.45, 7) is 0. The maximum Gasteiger partial charge on any atom is 1.00 e. The molecule has 0 amide bonds. The molecule has 1 aromatic rings. The molecule has 0 aliphatic rings. The molecule has 0 bridgehead atoms. The van der Waals surface area contributed by atoms with Crippen LogP contribution in [0.5, 0.6) is 5.75 Å². The Bertz CT molecular complexity index is 1160. The van der Waals surface area contributed by atoms with Gasteiger partial charge >= 0.3 is 65.4 Å². The Morgan fingerprint density at radius 1 is 0.667 bits per heavy atom. The normalized spacial score (nSPS) is 14.8. The maximum atomic E-state index is 13.6. The first-order valence-electron chi connectivity index (χ1n) is 7.33. The Labute approximate surface area is 207 Å². The molecule has 1 aromatic carbocycles. The molecule has 36 heavy (non-hydrogen) atoms. The molecule has 0 saturated carbocycles. The summed E-state index contributed by atoms with van der Waals surface area (Å²) in [6, 6.07) is -4.32. The van der Waals surface area contributed by atoms with Crippen LogP contribution in [0.4, 0.5) is 74.6 Å². The van der Waals surface area contributed by atoms with E-state index in [1.54, 1.807) is 0 Å². The van der Waals surface area contributed by atoms with E-state index in [4.69, 9.17) is 0 Å². The number of hydrogen-bond donors (Lipinski definition) is 0. The number of alkyl halides is 11. The second kappa shape index (κ2) is 9.98. The minimum atomic E-state index is -8.28. The van der Waals surface area contributed by atoms with Crippen LogP contribution in [0.15, 0.2) is 16.7 Å². The third-order valence-electron chi connectivity index (χ3n) is 3.61. The smallest absolute Gasteiger partial charge is 0.744 e. The van der Waals surface area contributed by atoms with Gasteiger partial charge in [-0.2, -0.15) is 61.5 Å². The van der Waals surface area contributed by atoms with Gasteiger partial charge in [-0.15, -0.1) is 0 Å². The van der Waals surface area contributed by atoms with Crippen LogP contribution in [0.2, 0.25) is 0 Å². The van der Waals surface area contributed by atoms with Crippen LogP contribution in [0, 0.1) is 23.3 Å². The SMILES string of the molecule is O=S(=O)([O-])c1c(F)c(F)c(F)c(F)c1OC(F)=C(F)C(F)(F)C(F)(F)C(F)(F)C(F)(F)C(F)(F)F.[Na+]. The van der Waals surface area contributed by atoms with E-state index >= 15 is 0 Å². The van der Waals surface area contributed by atoms with Crippen molar-refractivity contribution in [3.05, 3.63) is 35.1 Å². The number of rotatable bonds is 7. The van der Waals surface area contributed by atoms with Crippen LogP contribution < -0.4 is 34.3 Å². The first-order chi connectivity index (χ1) is 15.2. The van der Waals surface area contributed by atoms with Crippen molar-refractivity contribution in [2.24, 2.45) is 0 Å². The molecule has 0 radical (unpaired) electrons. The van der Waals surface area contributed by atoms with E-state index < -0.39 is 85.7 Å². The van der Waals surface area contributed by atoms with Crippen molar-refractivity contribution in [1.29, 1.82) is 0 Å². The number of ether oxygens (including phenoxy) is 1. The molecule has 4 nitrogen and oxygen atoms in total. The van der Waals surface area contributed by atoms with Gasteiger partial charge in [0, 0.05) is 0 Å². The average Bonchev–Trinajstić information content (AvgIpc) is 2.67. The van der Waals surface area contributed by atoms with Gasteiger partial charge in [0.1, 0.15) is 15.0 Å². The summed E-state index contributed by atoms with van der Waals surface area (Å²) in [5, 5.41) is 0. The Balaban J connectivity index is 0.0000122. The molecule has 0 aromatic heterocycles. The van der Waals surface area contributed by atoms with Crippen molar-refractivity contribution in [1.82, 2.24) is 0 Å². The molecular formula is C13F17NaO4S. The van der Waals surface area contributed by atoms with E-state index in [9.17, 15) is 87.6 Å². The van der Waals surface area contributed by atoms with Gasteiger partial charge in [-0.25, -0.2) is 21.6 Å². The van der Waals surface area contributed by atoms with Crippen LogP contribution in [-0.4, -0.2) is 42.8 Å². The third-order valence-corrected chi connectivity index (χ3v) is 4.48. The second-order valence-electron chi connectivity index (χ2n) is 5.85. The molecule has 23 heteroatoms. The zero-order valence-corrected chi connectivity index (χ0v) is 18.8. The van der Waals surface area contributed by atoms with E-state index in [0.717, 1.165) is 0 Å². The van der Waals surface area contributed by atoms with E-state index in [0.29, 0.717) is 0 Å². The summed E-state index contributed by atoms with van der Waals surface area (Å²) >= 11 is 0. The van der Waals surface area contributed by atoms with Crippen molar-refractivity contribution in [3.63, 3.8) is 0 Å². The van der Waals surface area contributed by atoms with Gasteiger partial charge in [-0.1, -0.05) is 0 Å². The van der Waals surface area contributed by atoms with Gasteiger partial charge in [0.05, 0.1) is 0 Å². The zero-order chi connectivity index (χ0) is 28.3. The number of hydrogen-bond acceptors (Lipinski definition) is 4. The predicted molar refractivity (Wildman–Crippen MR) is 70.0 cm³/mol. The summed E-state index contributed by atoms with van der Waals surface area (Å²) in [6.07, 6.45) is -7.70. The summed E-state index contributed by atoms with van der Waals surface area (Å²) in [5.74, 6) is -53.5. The van der Waals surface area contributed by atoms with Crippen molar-refractivity contribution < 1.29 is 122 Å². The summed E-state index contributed by atoms with van der Waals surface area (Å²) < 4.78 is 256. The standard InChI is InChI=1S/C13HF17O4S.Na/c14-1-2(15)4(17)6(35(31,32)33)5(3(1)16)34-8(19)7(18)9(20,21)10(22,23)11(24,25)12(26,27)13(28,29)30;/h(H,31,32,33);/q;+1/p-1. The second-order valence-corrected chi connectivity index (χ2v) is 7.17. The Morgan fingerprint density at radius 2 is 1.06 bits per heavy atom. The summed E-state index contributed by atoms with van der Waals surface area (Å²) in [5.41, 5.74) is 0. The van der Waals surface area contributed by atoms with Gasteiger partial charge in [0.15, 0.2) is 17.4 Å². The molecule has 0 saturated heterocycles. The van der Waals surface area contributed by atoms with Crippen LogP contribution >= 0.6 is 0 Å². The van der Waals surface area contributed by atoms with Gasteiger partial charge in [0.25, 0.3) is 0 Å². The fourth-order valence-electron chi connectivity index (χ4n) is 1.87. The maximum absolute atomic E-state index is 13.6. The quantitative estimate of drug-likeness (QED) is 0.121. The fraction of sp³-hybridized carbons (Fsp3) is 0.385. The van der Waals surface area contributed by atoms with Gasteiger partial charge < -0.3 is 9.29 Å². The van der Waals surface area contributed by atoms with Crippen molar-refractivity contribution in [3.8, 4) is 5.75 Å². The minimum Gasteiger partial charge on any atom is -0.744 e. The monoisotopic (exact) mass is 598 g/mol. The predicted octanol–water partition coefficient (Wildman–Crippen LogP) is 2.74. The van der Waals surface area contributed by atoms with Crippen molar-refractivity contribution >= 4 is 10.1 Å². The minimum absolute atomic E-state index is 0. The first-order valence-corrected chi connectivity index (χ1v) is 8.73. The summed E-state index contributed by atoms with van der Waals surface area (Å²) in [7, 11) is -6.71. The Morgan fingerprint density at radius 3 is 1.42 bits per heavy atom. The summed E-state index contributed by atoms with van der Waals surface area (Å²) in [4.78, 5) is -3.17. The Kier molecular flexibility index (Phi) is 9.56. The van der Waals surface area contributed by atoms with Crippen LogP contribution in [0.1, 0.15) is 0 Å². The average molecular weight is 598 g/mol. The molecule has 1 rings (SSSR count). The van der Waals surface area contributed by atoms with Crippen molar-refractivity contribution in [2.45, 2.75) is 34.8 Å². The van der Waals surface area contributed by atoms with Crippen LogP contribution in [0.25, 0.3) is 0 Å². The number of allylic oxidation sites excluding steroid dienone is 1. The van der Waals surface area contributed by atoms with E-state index in [2.05, 4.69) is 4.74 Å². The van der Waals surface area contributed by atoms with E-state index in [-0.39, 0.29) is 29.6 Å². The Hall–Kier alpha value is -1.52. The molecule has 0 N–H and O–H groups in total. The van der Waals surface area contributed by atoms with Gasteiger partial charge in [0.2, 0.25) is 17.5 Å². The molecule has 0 aliphatic carbocycles. The zero-order valence-electron chi connectivity index (χ0n) is 16.0. The first kappa shape index (κ1) is 34.5. The van der Waals surface area contributed by atoms with Crippen molar-refractivity contribution in [2.75, 3.05) is 0 Å². The van der Waals surface area contributed by atoms with Gasteiger partial charge in [-0.05, 0) is 0 Å².